The third kappa shape index (κ3) is 2.42. The first kappa shape index (κ1) is 14.1. The quantitative estimate of drug-likeness (QED) is 0.788. The van der Waals surface area contributed by atoms with Crippen LogP contribution in [0.5, 0.6) is 0 Å². The van der Waals surface area contributed by atoms with E-state index < -0.39 is 22.7 Å². The number of hydrogen-bond donors (Lipinski definition) is 1. The lowest BCUT2D eigenvalue weighted by Crippen LogP contribution is -2.70. The fraction of sp³-hybridized carbons (Fsp3) is 0.857. The molecule has 0 unspecified atom stereocenters. The molecule has 2 fully saturated rings. The van der Waals surface area contributed by atoms with Crippen molar-refractivity contribution in [2.75, 3.05) is 13.1 Å². The Hall–Kier alpha value is -1.28. The van der Waals surface area contributed by atoms with E-state index in [9.17, 15) is 15.2 Å². The Labute approximate surface area is 114 Å². The lowest BCUT2D eigenvalue weighted by atomic mass is 9.67. The number of amides is 1. The van der Waals surface area contributed by atoms with Gasteiger partial charge in [0.05, 0.1) is 24.6 Å². The van der Waals surface area contributed by atoms with Gasteiger partial charge in [0.15, 0.2) is 0 Å². The molecule has 0 aromatic heterocycles. The predicted molar refractivity (Wildman–Crippen MR) is 69.3 cm³/mol. The third-order valence-corrected chi connectivity index (χ3v) is 4.12. The van der Waals surface area contributed by atoms with Crippen LogP contribution in [-0.4, -0.2) is 40.4 Å². The molecule has 0 spiro atoms. The van der Waals surface area contributed by atoms with E-state index in [1.54, 1.807) is 0 Å². The molecule has 0 bridgehead atoms. The highest BCUT2D eigenvalue weighted by molar-refractivity contribution is 5.70. The molecule has 5 nitrogen and oxygen atoms in total. The second-order valence-electron chi connectivity index (χ2n) is 6.77. The maximum Gasteiger partial charge on any atom is 0.410 e. The number of hydrogen-bond acceptors (Lipinski definition) is 4. The summed E-state index contributed by atoms with van der Waals surface area (Å²) in [5, 5.41) is 20.0. The van der Waals surface area contributed by atoms with Crippen LogP contribution >= 0.6 is 0 Å². The smallest absolute Gasteiger partial charge is 0.410 e. The molecule has 5 heteroatoms. The maximum atomic E-state index is 11.8. The van der Waals surface area contributed by atoms with Crippen LogP contribution in [-0.2, 0) is 4.74 Å². The minimum atomic E-state index is -1.06. The minimum absolute atomic E-state index is 0.204. The van der Waals surface area contributed by atoms with Crippen molar-refractivity contribution in [1.29, 1.82) is 5.26 Å². The number of carbonyl (C=O) groups excluding carboxylic acids is 1. The monoisotopic (exact) mass is 266 g/mol. The summed E-state index contributed by atoms with van der Waals surface area (Å²) in [7, 11) is 0. The van der Waals surface area contributed by atoms with Crippen LogP contribution < -0.4 is 0 Å². The molecule has 0 atom stereocenters. The van der Waals surface area contributed by atoms with Crippen LogP contribution in [0.3, 0.4) is 0 Å². The first-order valence-corrected chi connectivity index (χ1v) is 6.83. The zero-order valence-corrected chi connectivity index (χ0v) is 11.9. The van der Waals surface area contributed by atoms with Gasteiger partial charge in [-0.25, -0.2) is 4.79 Å². The van der Waals surface area contributed by atoms with Crippen LogP contribution in [0.15, 0.2) is 0 Å². The van der Waals surface area contributed by atoms with E-state index in [0.29, 0.717) is 0 Å². The van der Waals surface area contributed by atoms with E-state index in [1.807, 2.05) is 20.8 Å². The number of ether oxygens (including phenoxy) is 1. The van der Waals surface area contributed by atoms with Crippen LogP contribution in [0.1, 0.15) is 46.5 Å². The Balaban J connectivity index is 1.98. The van der Waals surface area contributed by atoms with Gasteiger partial charge in [-0.2, -0.15) is 5.26 Å². The largest absolute Gasteiger partial charge is 0.444 e. The van der Waals surface area contributed by atoms with Crippen molar-refractivity contribution in [3.63, 3.8) is 0 Å². The van der Waals surface area contributed by atoms with E-state index in [-0.39, 0.29) is 13.1 Å². The maximum absolute atomic E-state index is 11.8. The molecule has 2 aliphatic rings. The van der Waals surface area contributed by atoms with E-state index in [1.165, 1.54) is 4.90 Å². The summed E-state index contributed by atoms with van der Waals surface area (Å²) in [5.41, 5.74) is -2.27. The lowest BCUT2D eigenvalue weighted by molar-refractivity contribution is -0.153. The van der Waals surface area contributed by atoms with Gasteiger partial charge in [-0.15, -0.1) is 0 Å². The van der Waals surface area contributed by atoms with E-state index in [4.69, 9.17) is 4.74 Å². The highest BCUT2D eigenvalue weighted by Crippen LogP contribution is 2.50. The fourth-order valence-electron chi connectivity index (χ4n) is 3.00. The molecule has 0 radical (unpaired) electrons. The van der Waals surface area contributed by atoms with E-state index >= 15 is 0 Å². The molecule has 1 heterocycles. The number of β-amino-alcohol motifs (C(OH)–C–C–N with tert-alkyl or cyclic N) is 1. The molecule has 19 heavy (non-hydrogen) atoms. The number of nitriles is 1. The van der Waals surface area contributed by atoms with Crippen molar-refractivity contribution in [2.24, 2.45) is 5.41 Å². The number of aliphatic hydroxyl groups is 1. The van der Waals surface area contributed by atoms with Gasteiger partial charge in [0.2, 0.25) is 0 Å². The Morgan fingerprint density at radius 3 is 2.26 bits per heavy atom. The zero-order chi connectivity index (χ0) is 14.3. The summed E-state index contributed by atoms with van der Waals surface area (Å²) in [6.07, 6.45) is 2.98. The highest BCUT2D eigenvalue weighted by Gasteiger charge is 2.60. The average Bonchev–Trinajstić information content (AvgIpc) is 2.72. The van der Waals surface area contributed by atoms with Gasteiger partial charge in [0, 0.05) is 0 Å². The Kier molecular flexibility index (Phi) is 3.26. The topological polar surface area (TPSA) is 73.6 Å². The zero-order valence-electron chi connectivity index (χ0n) is 11.9. The average molecular weight is 266 g/mol. The SMILES string of the molecule is CC(C)(C)OC(=O)N1CC(O)(C2(C#N)CCCC2)C1. The number of nitrogens with zero attached hydrogens (tertiary/aromatic N) is 2. The second-order valence-corrected chi connectivity index (χ2v) is 6.77. The number of rotatable bonds is 1. The standard InChI is InChI=1S/C14H22N2O3/c1-12(2,3)19-11(17)16-9-14(18,10-16)13(8-15)6-4-5-7-13/h18H,4-7,9-10H2,1-3H3. The van der Waals surface area contributed by atoms with Crippen LogP contribution in [0.2, 0.25) is 0 Å². The van der Waals surface area contributed by atoms with Crippen LogP contribution in [0, 0.1) is 16.7 Å². The molecule has 0 aromatic rings. The van der Waals surface area contributed by atoms with Crippen molar-refractivity contribution >= 4 is 6.09 Å². The summed E-state index contributed by atoms with van der Waals surface area (Å²) >= 11 is 0. The summed E-state index contributed by atoms with van der Waals surface area (Å²) in [5.74, 6) is 0. The van der Waals surface area contributed by atoms with Gasteiger partial charge in [0.25, 0.3) is 0 Å². The minimum Gasteiger partial charge on any atom is -0.444 e. The first-order chi connectivity index (χ1) is 8.71. The van der Waals surface area contributed by atoms with Gasteiger partial charge >= 0.3 is 6.09 Å². The van der Waals surface area contributed by atoms with Crippen molar-refractivity contribution in [1.82, 2.24) is 4.90 Å². The summed E-state index contributed by atoms with van der Waals surface area (Å²) in [4.78, 5) is 13.3. The first-order valence-electron chi connectivity index (χ1n) is 6.83. The van der Waals surface area contributed by atoms with Gasteiger partial charge in [0.1, 0.15) is 11.2 Å². The Morgan fingerprint density at radius 2 is 1.84 bits per heavy atom. The lowest BCUT2D eigenvalue weighted by Gasteiger charge is -2.52. The fourth-order valence-corrected chi connectivity index (χ4v) is 3.00. The van der Waals surface area contributed by atoms with Crippen LogP contribution in [0.4, 0.5) is 4.79 Å². The van der Waals surface area contributed by atoms with Crippen molar-refractivity contribution in [2.45, 2.75) is 57.7 Å². The van der Waals surface area contributed by atoms with Crippen LogP contribution in [0.25, 0.3) is 0 Å². The molecule has 1 saturated carbocycles. The Bertz CT molecular complexity index is 407. The molecule has 1 amide bonds. The molecule has 1 N–H and O–H groups in total. The highest BCUT2D eigenvalue weighted by atomic mass is 16.6. The number of carbonyl (C=O) groups is 1. The van der Waals surface area contributed by atoms with Crippen molar-refractivity contribution < 1.29 is 14.6 Å². The molecule has 0 aromatic carbocycles. The summed E-state index contributed by atoms with van der Waals surface area (Å²) in [6.45, 7) is 5.84. The molecule has 1 saturated heterocycles. The van der Waals surface area contributed by atoms with Crippen molar-refractivity contribution in [3.8, 4) is 6.07 Å². The molecule has 2 rings (SSSR count). The molecule has 1 aliphatic heterocycles. The normalized spacial score (nSPS) is 24.5. The third-order valence-electron chi connectivity index (χ3n) is 4.12. The van der Waals surface area contributed by atoms with E-state index in [2.05, 4.69) is 6.07 Å². The van der Waals surface area contributed by atoms with Gasteiger partial charge in [-0.05, 0) is 33.6 Å². The van der Waals surface area contributed by atoms with E-state index in [0.717, 1.165) is 25.7 Å². The predicted octanol–water partition coefficient (Wildman–Crippen LogP) is 2.05. The molecular weight excluding hydrogens is 244 g/mol. The molecular formula is C14H22N2O3. The molecule has 1 aliphatic carbocycles. The van der Waals surface area contributed by atoms with Gasteiger partial charge in [-0.3, -0.25) is 0 Å². The number of likely N-dealkylation sites (tertiary alicyclic amines) is 1. The summed E-state index contributed by atoms with van der Waals surface area (Å²) in [6, 6.07) is 2.30. The van der Waals surface area contributed by atoms with Crippen molar-refractivity contribution in [3.05, 3.63) is 0 Å². The Morgan fingerprint density at radius 1 is 1.32 bits per heavy atom. The molecule has 106 valence electrons. The summed E-state index contributed by atoms with van der Waals surface area (Å²) < 4.78 is 5.26. The van der Waals surface area contributed by atoms with Gasteiger partial charge < -0.3 is 14.7 Å². The van der Waals surface area contributed by atoms with Gasteiger partial charge in [-0.1, -0.05) is 12.8 Å². The second kappa shape index (κ2) is 4.38.